The second-order valence-electron chi connectivity index (χ2n) is 2.82. The Balaban J connectivity index is 2.43. The summed E-state index contributed by atoms with van der Waals surface area (Å²) in [5, 5.41) is 0. The predicted molar refractivity (Wildman–Crippen MR) is 50.4 cm³/mol. The summed E-state index contributed by atoms with van der Waals surface area (Å²) in [6, 6.07) is 0. The highest BCUT2D eigenvalue weighted by Gasteiger charge is 2.03. The van der Waals surface area contributed by atoms with E-state index < -0.39 is 0 Å². The van der Waals surface area contributed by atoms with Crippen LogP contribution in [0.1, 0.15) is 24.9 Å². The van der Waals surface area contributed by atoms with Crippen LogP contribution in [0.25, 0.3) is 0 Å². The van der Waals surface area contributed by atoms with Gasteiger partial charge in [0.25, 0.3) is 0 Å². The molecule has 1 aromatic rings. The number of rotatable bonds is 5. The van der Waals surface area contributed by atoms with Gasteiger partial charge in [0.15, 0.2) is 17.6 Å². The van der Waals surface area contributed by atoms with Gasteiger partial charge in [0.05, 0.1) is 12.3 Å². The van der Waals surface area contributed by atoms with Gasteiger partial charge in [0.2, 0.25) is 0 Å². The Morgan fingerprint density at radius 1 is 1.71 bits per heavy atom. The van der Waals surface area contributed by atoms with Crippen LogP contribution in [0, 0.1) is 6.92 Å². The Morgan fingerprint density at radius 3 is 3.00 bits per heavy atom. The highest BCUT2D eigenvalue weighted by atomic mass is 16.5. The highest BCUT2D eigenvalue weighted by Crippen LogP contribution is 2.08. The van der Waals surface area contributed by atoms with Crippen LogP contribution in [0.2, 0.25) is 0 Å². The van der Waals surface area contributed by atoms with E-state index >= 15 is 0 Å². The molecular formula is C10H13NO3. The fourth-order valence-electron chi connectivity index (χ4n) is 1.09. The first-order valence-electron chi connectivity index (χ1n) is 4.54. The van der Waals surface area contributed by atoms with E-state index in [4.69, 9.17) is 9.15 Å². The molecule has 1 rings (SSSR count). The molecule has 0 aromatic carbocycles. The van der Waals surface area contributed by atoms with Crippen molar-refractivity contribution in [1.82, 2.24) is 4.98 Å². The number of hydrogen-bond acceptors (Lipinski definition) is 4. The van der Waals surface area contributed by atoms with Gasteiger partial charge < -0.3 is 9.15 Å². The number of nitrogens with zero attached hydrogens (tertiary/aromatic N) is 1. The molecule has 0 atom stereocenters. The van der Waals surface area contributed by atoms with Crippen LogP contribution in [0.15, 0.2) is 16.4 Å². The van der Waals surface area contributed by atoms with Crippen molar-refractivity contribution < 1.29 is 13.9 Å². The summed E-state index contributed by atoms with van der Waals surface area (Å²) in [4.78, 5) is 14.5. The van der Waals surface area contributed by atoms with Crippen LogP contribution in [-0.4, -0.2) is 17.5 Å². The van der Waals surface area contributed by atoms with Crippen LogP contribution in [0.4, 0.5) is 0 Å². The van der Waals surface area contributed by atoms with Crippen molar-refractivity contribution in [2.75, 3.05) is 6.61 Å². The van der Waals surface area contributed by atoms with E-state index in [1.54, 1.807) is 19.1 Å². The van der Waals surface area contributed by atoms with Gasteiger partial charge in [-0.15, -0.1) is 0 Å². The second-order valence-corrected chi connectivity index (χ2v) is 2.82. The summed E-state index contributed by atoms with van der Waals surface area (Å²) < 4.78 is 10.1. The van der Waals surface area contributed by atoms with E-state index in [-0.39, 0.29) is 0 Å². The minimum atomic E-state index is 0.341. The maximum Gasteiger partial charge on any atom is 0.191 e. The maximum atomic E-state index is 10.4. The third kappa shape index (κ3) is 3.07. The lowest BCUT2D eigenvalue weighted by Crippen LogP contribution is -1.95. The first kappa shape index (κ1) is 10.5. The van der Waals surface area contributed by atoms with Crippen molar-refractivity contribution in [1.29, 1.82) is 0 Å². The van der Waals surface area contributed by atoms with Gasteiger partial charge in [-0.1, -0.05) is 0 Å². The zero-order chi connectivity index (χ0) is 10.4. The standard InChI is InChI=1S/C10H13NO3/c1-3-13-10(6-12)5-4-9-7-14-8(2)11-9/h7H,3-5H2,1-2H3. The van der Waals surface area contributed by atoms with Gasteiger partial charge in [0, 0.05) is 19.8 Å². The molecule has 0 aliphatic rings. The van der Waals surface area contributed by atoms with Crippen molar-refractivity contribution in [2.45, 2.75) is 26.7 Å². The molecule has 1 heterocycles. The molecule has 0 saturated heterocycles. The normalized spacial score (nSPS) is 9.57. The van der Waals surface area contributed by atoms with E-state index in [0.29, 0.717) is 31.1 Å². The van der Waals surface area contributed by atoms with Crippen molar-refractivity contribution in [3.63, 3.8) is 0 Å². The summed E-state index contributed by atoms with van der Waals surface area (Å²) in [6.45, 7) is 4.10. The Bertz CT molecular complexity index is 337. The first-order valence-corrected chi connectivity index (χ1v) is 4.54. The van der Waals surface area contributed by atoms with E-state index in [0.717, 1.165) is 5.69 Å². The third-order valence-corrected chi connectivity index (χ3v) is 1.71. The molecule has 4 nitrogen and oxygen atoms in total. The van der Waals surface area contributed by atoms with E-state index in [2.05, 4.69) is 4.98 Å². The van der Waals surface area contributed by atoms with Crippen molar-refractivity contribution in [3.05, 3.63) is 23.6 Å². The first-order chi connectivity index (χ1) is 6.76. The molecule has 0 aliphatic carbocycles. The molecule has 76 valence electrons. The van der Waals surface area contributed by atoms with E-state index in [1.165, 1.54) is 0 Å². The molecule has 1 aromatic heterocycles. The summed E-state index contributed by atoms with van der Waals surface area (Å²) in [6.07, 6.45) is 2.74. The molecule has 14 heavy (non-hydrogen) atoms. The molecule has 0 spiro atoms. The zero-order valence-electron chi connectivity index (χ0n) is 8.37. The topological polar surface area (TPSA) is 52.3 Å². The van der Waals surface area contributed by atoms with E-state index in [9.17, 15) is 4.79 Å². The summed E-state index contributed by atoms with van der Waals surface area (Å²) in [5.41, 5.74) is 0.829. The number of aryl methyl sites for hydroxylation is 2. The van der Waals surface area contributed by atoms with Gasteiger partial charge in [0.1, 0.15) is 6.26 Å². The summed E-state index contributed by atoms with van der Waals surface area (Å²) in [7, 11) is 0. The lowest BCUT2D eigenvalue weighted by atomic mass is 10.2. The average Bonchev–Trinajstić information content (AvgIpc) is 2.59. The number of carbonyl (C=O) groups excluding carboxylic acids is 1. The van der Waals surface area contributed by atoms with Gasteiger partial charge in [-0.3, -0.25) is 0 Å². The minimum Gasteiger partial charge on any atom is -0.487 e. The predicted octanol–water partition coefficient (Wildman–Crippen LogP) is 1.67. The Morgan fingerprint density at radius 2 is 2.50 bits per heavy atom. The molecule has 4 heteroatoms. The van der Waals surface area contributed by atoms with Gasteiger partial charge in [-0.05, 0) is 6.92 Å². The Hall–Kier alpha value is -1.54. The fraction of sp³-hybridized carbons (Fsp3) is 0.500. The van der Waals surface area contributed by atoms with Crippen molar-refractivity contribution in [2.24, 2.45) is 0 Å². The Labute approximate surface area is 82.6 Å². The molecule has 0 amide bonds. The number of ether oxygens (including phenoxy) is 1. The fourth-order valence-corrected chi connectivity index (χ4v) is 1.09. The lowest BCUT2D eigenvalue weighted by Gasteiger charge is -2.01. The molecule has 0 fully saturated rings. The van der Waals surface area contributed by atoms with Crippen LogP contribution < -0.4 is 0 Å². The van der Waals surface area contributed by atoms with Gasteiger partial charge in [-0.2, -0.15) is 0 Å². The van der Waals surface area contributed by atoms with Gasteiger partial charge in [-0.25, -0.2) is 9.78 Å². The number of allylic oxidation sites excluding steroid dienone is 1. The largest absolute Gasteiger partial charge is 0.487 e. The van der Waals surface area contributed by atoms with Crippen LogP contribution in [-0.2, 0) is 16.0 Å². The maximum absolute atomic E-state index is 10.4. The van der Waals surface area contributed by atoms with Gasteiger partial charge >= 0.3 is 0 Å². The Kier molecular flexibility index (Phi) is 3.95. The van der Waals surface area contributed by atoms with Crippen LogP contribution >= 0.6 is 0 Å². The molecule has 0 radical (unpaired) electrons. The van der Waals surface area contributed by atoms with E-state index in [1.807, 2.05) is 6.92 Å². The minimum absolute atomic E-state index is 0.341. The number of hydrogen-bond donors (Lipinski definition) is 0. The second kappa shape index (κ2) is 5.25. The quantitative estimate of drug-likeness (QED) is 0.529. The highest BCUT2D eigenvalue weighted by molar-refractivity contribution is 5.49. The molecule has 0 saturated carbocycles. The summed E-state index contributed by atoms with van der Waals surface area (Å²) in [5.74, 6) is 2.74. The van der Waals surface area contributed by atoms with Crippen molar-refractivity contribution in [3.8, 4) is 0 Å². The molecule has 0 aliphatic heterocycles. The molecule has 0 unspecified atom stereocenters. The summed E-state index contributed by atoms with van der Waals surface area (Å²) >= 11 is 0. The molecular weight excluding hydrogens is 182 g/mol. The SMILES string of the molecule is CCOC(=C=O)CCc1coc(C)n1. The number of aromatic nitrogens is 1. The third-order valence-electron chi connectivity index (χ3n) is 1.71. The average molecular weight is 195 g/mol. The molecule has 0 bridgehead atoms. The van der Waals surface area contributed by atoms with Crippen molar-refractivity contribution >= 4 is 5.94 Å². The monoisotopic (exact) mass is 195 g/mol. The lowest BCUT2D eigenvalue weighted by molar-refractivity contribution is 0.222. The number of oxazole rings is 1. The van der Waals surface area contributed by atoms with Crippen LogP contribution in [0.3, 0.4) is 0 Å². The smallest absolute Gasteiger partial charge is 0.191 e. The molecule has 0 N–H and O–H groups in total. The van der Waals surface area contributed by atoms with Crippen LogP contribution in [0.5, 0.6) is 0 Å². The zero-order valence-corrected chi connectivity index (χ0v) is 8.37.